The maximum Gasteiger partial charge on any atom is 0.327 e. The highest BCUT2D eigenvalue weighted by Crippen LogP contribution is 2.30. The van der Waals surface area contributed by atoms with Crippen LogP contribution in [0.3, 0.4) is 0 Å². The maximum atomic E-state index is 13.8. The second-order valence-corrected chi connectivity index (χ2v) is 12.2. The molecule has 0 bridgehead atoms. The molecule has 1 saturated heterocycles. The smallest absolute Gasteiger partial charge is 0.327 e. The van der Waals surface area contributed by atoms with Gasteiger partial charge in [-0.05, 0) is 70.3 Å². The van der Waals surface area contributed by atoms with Crippen LogP contribution in [0.4, 0.5) is 0 Å². The minimum Gasteiger partial charge on any atom is -0.336 e. The van der Waals surface area contributed by atoms with E-state index in [4.69, 9.17) is 4.99 Å². The Morgan fingerprint density at radius 2 is 1.74 bits per heavy atom. The molecule has 1 amide bonds. The molecule has 1 aromatic carbocycles. The van der Waals surface area contributed by atoms with Gasteiger partial charge >= 0.3 is 5.69 Å². The van der Waals surface area contributed by atoms with E-state index in [1.54, 1.807) is 0 Å². The zero-order valence-corrected chi connectivity index (χ0v) is 23.5. The number of H-pyrrole nitrogens is 1. The number of piperidine rings is 1. The zero-order chi connectivity index (χ0) is 27.2. The van der Waals surface area contributed by atoms with Gasteiger partial charge in [-0.1, -0.05) is 69.9 Å². The summed E-state index contributed by atoms with van der Waals surface area (Å²) < 4.78 is 1.90. The number of aromatic nitrogens is 2. The van der Waals surface area contributed by atoms with Gasteiger partial charge in [0, 0.05) is 11.4 Å². The third-order valence-corrected chi connectivity index (χ3v) is 9.32. The molecule has 8 nitrogen and oxygen atoms in total. The van der Waals surface area contributed by atoms with Crippen molar-refractivity contribution in [3.63, 3.8) is 0 Å². The first-order valence-electron chi connectivity index (χ1n) is 15.2. The number of carbonyl (C=O) groups is 1. The molecule has 5 rings (SSSR count). The number of nitrogens with zero attached hydrogens (tertiary/aromatic N) is 4. The molecule has 2 aliphatic carbocycles. The second kappa shape index (κ2) is 12.5. The van der Waals surface area contributed by atoms with Gasteiger partial charge in [0.2, 0.25) is 5.91 Å². The fourth-order valence-electron chi connectivity index (χ4n) is 6.97. The van der Waals surface area contributed by atoms with Crippen LogP contribution in [-0.2, 0) is 4.79 Å². The lowest BCUT2D eigenvalue weighted by Gasteiger charge is -2.33. The number of likely N-dealkylation sites (tertiary alicyclic amines) is 1. The van der Waals surface area contributed by atoms with E-state index in [1.165, 1.54) is 25.7 Å². The summed E-state index contributed by atoms with van der Waals surface area (Å²) in [5.41, 5.74) is 0.360. The molecule has 1 atom stereocenters. The number of hydrogen-bond donors (Lipinski definition) is 2. The highest BCUT2D eigenvalue weighted by Gasteiger charge is 2.36. The standard InChI is InChI=1S/C31H44N6O2/c1-36-19-15-24(16-20-36)37-27-14-8-7-13-25(27)28(34-30(37)39)33-26(21-23-11-5-2-3-6-12-23)29(38)35-31(22-32)17-9-4-10-18-31/h7-8,13-14,23-24,26H,2-6,9-12,15-21H2,1H3,(H,35,38)(H,33,34,39). The molecule has 0 spiro atoms. The zero-order valence-electron chi connectivity index (χ0n) is 23.5. The van der Waals surface area contributed by atoms with E-state index >= 15 is 0 Å². The average Bonchev–Trinajstić information content (AvgIpc) is 3.23. The normalized spacial score (nSPS) is 22.7. The van der Waals surface area contributed by atoms with Crippen LogP contribution in [0.15, 0.2) is 34.1 Å². The summed E-state index contributed by atoms with van der Waals surface area (Å²) in [6, 6.07) is 9.84. The van der Waals surface area contributed by atoms with Crippen molar-refractivity contribution < 1.29 is 4.79 Å². The molecule has 39 heavy (non-hydrogen) atoms. The van der Waals surface area contributed by atoms with Crippen molar-refractivity contribution in [2.75, 3.05) is 20.1 Å². The Kier molecular flexibility index (Phi) is 8.86. The van der Waals surface area contributed by atoms with Gasteiger partial charge < -0.3 is 10.2 Å². The number of hydrogen-bond acceptors (Lipinski definition) is 5. The van der Waals surface area contributed by atoms with Gasteiger partial charge in [-0.15, -0.1) is 0 Å². The number of para-hydroxylation sites is 1. The van der Waals surface area contributed by atoms with Gasteiger partial charge in [0.25, 0.3) is 0 Å². The predicted molar refractivity (Wildman–Crippen MR) is 153 cm³/mol. The minimum absolute atomic E-state index is 0.135. The molecule has 8 heteroatoms. The maximum absolute atomic E-state index is 13.8. The van der Waals surface area contributed by atoms with Crippen molar-refractivity contribution in [2.45, 2.75) is 108 Å². The highest BCUT2D eigenvalue weighted by molar-refractivity contribution is 5.83. The lowest BCUT2D eigenvalue weighted by Crippen LogP contribution is -2.52. The Balaban J connectivity index is 1.53. The molecule has 1 unspecified atom stereocenters. The highest BCUT2D eigenvalue weighted by atomic mass is 16.2. The number of carbonyl (C=O) groups excluding carboxylic acids is 1. The number of aromatic amines is 1. The summed E-state index contributed by atoms with van der Waals surface area (Å²) >= 11 is 0. The summed E-state index contributed by atoms with van der Waals surface area (Å²) in [5, 5.41) is 14.0. The van der Waals surface area contributed by atoms with E-state index in [2.05, 4.69) is 28.3 Å². The second-order valence-electron chi connectivity index (χ2n) is 12.2. The van der Waals surface area contributed by atoms with Crippen LogP contribution < -0.4 is 16.5 Å². The molecule has 0 radical (unpaired) electrons. The third-order valence-electron chi connectivity index (χ3n) is 9.32. The molecule has 3 aliphatic rings. The molecule has 210 valence electrons. The monoisotopic (exact) mass is 532 g/mol. The third kappa shape index (κ3) is 6.46. The number of rotatable bonds is 6. The van der Waals surface area contributed by atoms with Crippen molar-refractivity contribution in [1.29, 1.82) is 5.26 Å². The number of nitrogens with one attached hydrogen (secondary N) is 2. The molecular formula is C31H44N6O2. The van der Waals surface area contributed by atoms with Crippen molar-refractivity contribution in [3.8, 4) is 6.07 Å². The lowest BCUT2D eigenvalue weighted by atomic mass is 9.82. The molecule has 1 aliphatic heterocycles. The Hall–Kier alpha value is -2.92. The lowest BCUT2D eigenvalue weighted by molar-refractivity contribution is -0.124. The van der Waals surface area contributed by atoms with Crippen molar-refractivity contribution in [2.24, 2.45) is 10.9 Å². The van der Waals surface area contributed by atoms with Gasteiger partial charge in [0.1, 0.15) is 17.1 Å². The molecule has 1 aromatic heterocycles. The van der Waals surface area contributed by atoms with Gasteiger partial charge in [-0.3, -0.25) is 19.3 Å². The van der Waals surface area contributed by atoms with E-state index in [-0.39, 0.29) is 17.6 Å². The van der Waals surface area contributed by atoms with E-state index in [0.29, 0.717) is 30.7 Å². The Morgan fingerprint density at radius 1 is 1.08 bits per heavy atom. The Labute approximate surface area is 231 Å². The first-order chi connectivity index (χ1) is 19.0. The Bertz CT molecular complexity index is 1300. The molecule has 2 aromatic rings. The van der Waals surface area contributed by atoms with Crippen LogP contribution >= 0.6 is 0 Å². The summed E-state index contributed by atoms with van der Waals surface area (Å²) in [5.74, 6) is 0.238. The Morgan fingerprint density at radius 3 is 2.44 bits per heavy atom. The fraction of sp³-hybridized carbons (Fsp3) is 0.677. The molecular weight excluding hydrogens is 488 g/mol. The number of nitriles is 1. The number of amides is 1. The molecule has 2 heterocycles. The predicted octanol–water partition coefficient (Wildman–Crippen LogP) is 4.57. The minimum atomic E-state index is -0.810. The molecule has 3 fully saturated rings. The largest absolute Gasteiger partial charge is 0.336 e. The molecule has 2 saturated carbocycles. The van der Waals surface area contributed by atoms with Gasteiger partial charge in [0.05, 0.1) is 11.6 Å². The van der Waals surface area contributed by atoms with Crippen LogP contribution in [0.25, 0.3) is 10.9 Å². The first kappa shape index (κ1) is 27.6. The number of fused-ring (bicyclic) bond motifs is 1. The van der Waals surface area contributed by atoms with Crippen molar-refractivity contribution in [1.82, 2.24) is 19.8 Å². The van der Waals surface area contributed by atoms with Gasteiger partial charge in [-0.2, -0.15) is 5.26 Å². The number of benzene rings is 1. The van der Waals surface area contributed by atoms with Crippen LogP contribution in [0.5, 0.6) is 0 Å². The molecule has 2 N–H and O–H groups in total. The average molecular weight is 533 g/mol. The topological polar surface area (TPSA) is 106 Å². The van der Waals surface area contributed by atoms with Crippen LogP contribution in [0, 0.1) is 17.2 Å². The summed E-state index contributed by atoms with van der Waals surface area (Å²) in [7, 11) is 2.12. The van der Waals surface area contributed by atoms with E-state index in [0.717, 1.165) is 68.9 Å². The quantitative estimate of drug-likeness (QED) is 0.532. The van der Waals surface area contributed by atoms with E-state index < -0.39 is 11.6 Å². The SMILES string of the molecule is CN1CCC(n2c(=O)[nH]c(=NC(CC3CCCCCC3)C(=O)NC3(C#N)CCCCC3)c3ccccc32)CC1. The summed E-state index contributed by atoms with van der Waals surface area (Å²) in [4.78, 5) is 37.7. The van der Waals surface area contributed by atoms with Crippen LogP contribution in [0.2, 0.25) is 0 Å². The fourth-order valence-corrected chi connectivity index (χ4v) is 6.97. The van der Waals surface area contributed by atoms with E-state index in [1.807, 2.05) is 28.8 Å². The van der Waals surface area contributed by atoms with Crippen LogP contribution in [0.1, 0.15) is 95.9 Å². The first-order valence-corrected chi connectivity index (χ1v) is 15.2. The van der Waals surface area contributed by atoms with Crippen molar-refractivity contribution >= 4 is 16.8 Å². The van der Waals surface area contributed by atoms with E-state index in [9.17, 15) is 14.9 Å². The van der Waals surface area contributed by atoms with Crippen LogP contribution in [-0.4, -0.2) is 52.1 Å². The summed E-state index contributed by atoms with van der Waals surface area (Å²) in [6.07, 6.45) is 13.9. The summed E-state index contributed by atoms with van der Waals surface area (Å²) in [6.45, 7) is 1.92. The van der Waals surface area contributed by atoms with Gasteiger partial charge in [0.15, 0.2) is 0 Å². The van der Waals surface area contributed by atoms with Crippen molar-refractivity contribution in [3.05, 3.63) is 40.2 Å². The van der Waals surface area contributed by atoms with Gasteiger partial charge in [-0.25, -0.2) is 4.79 Å².